The van der Waals surface area contributed by atoms with Crippen molar-refractivity contribution in [1.82, 2.24) is 0 Å². The Labute approximate surface area is 132 Å². The van der Waals surface area contributed by atoms with Gasteiger partial charge >= 0.3 is 12.1 Å². The average Bonchev–Trinajstić information content (AvgIpc) is 3.01. The molecule has 0 saturated heterocycles. The minimum atomic E-state index is -1.13. The fourth-order valence-electron chi connectivity index (χ4n) is 1.65. The van der Waals surface area contributed by atoms with Crippen LogP contribution in [0.15, 0.2) is 53.5 Å². The molecule has 0 aliphatic carbocycles. The summed E-state index contributed by atoms with van der Waals surface area (Å²) in [6, 6.07) is 9.51. The zero-order valence-electron chi connectivity index (χ0n) is 12.2. The number of furan rings is 1. The molecule has 0 aliphatic rings. The Balaban J connectivity index is 1.85. The first kappa shape index (κ1) is 16.2. The minimum Gasteiger partial charge on any atom is -0.486 e. The standard InChI is InChI=1S/C16H15NO6/c1-2-9-21-16(20)17-11-3-5-12(6-4-11)22-10-13-7-8-14(23-13)15(18)19/h2-8H,1,9-10H2,(H,17,20)(H,18,19). The number of anilines is 1. The number of aromatic carboxylic acids is 1. The van der Waals surface area contributed by atoms with Crippen LogP contribution in [0.5, 0.6) is 5.75 Å². The molecule has 1 heterocycles. The summed E-state index contributed by atoms with van der Waals surface area (Å²) in [6.07, 6.45) is 0.899. The first-order valence-electron chi connectivity index (χ1n) is 6.68. The normalized spacial score (nSPS) is 9.91. The van der Waals surface area contributed by atoms with E-state index >= 15 is 0 Å². The summed E-state index contributed by atoms with van der Waals surface area (Å²) in [7, 11) is 0. The third kappa shape index (κ3) is 4.92. The van der Waals surface area contributed by atoms with Crippen LogP contribution in [0.1, 0.15) is 16.3 Å². The quantitative estimate of drug-likeness (QED) is 0.760. The molecule has 1 aromatic heterocycles. The molecule has 23 heavy (non-hydrogen) atoms. The van der Waals surface area contributed by atoms with Gasteiger partial charge in [-0.3, -0.25) is 5.32 Å². The van der Waals surface area contributed by atoms with E-state index in [-0.39, 0.29) is 19.0 Å². The molecule has 0 radical (unpaired) electrons. The summed E-state index contributed by atoms with van der Waals surface area (Å²) < 4.78 is 15.3. The molecule has 7 nitrogen and oxygen atoms in total. The van der Waals surface area contributed by atoms with Crippen molar-refractivity contribution in [3.8, 4) is 5.75 Å². The van der Waals surface area contributed by atoms with E-state index in [9.17, 15) is 9.59 Å². The van der Waals surface area contributed by atoms with E-state index in [4.69, 9.17) is 19.0 Å². The topological polar surface area (TPSA) is 98.0 Å². The SMILES string of the molecule is C=CCOC(=O)Nc1ccc(OCc2ccc(C(=O)O)o2)cc1. The fraction of sp³-hybridized carbons (Fsp3) is 0.125. The van der Waals surface area contributed by atoms with Crippen LogP contribution in [0.25, 0.3) is 0 Å². The van der Waals surface area contributed by atoms with E-state index < -0.39 is 12.1 Å². The van der Waals surface area contributed by atoms with Gasteiger partial charge in [-0.25, -0.2) is 9.59 Å². The predicted molar refractivity (Wildman–Crippen MR) is 81.6 cm³/mol. The lowest BCUT2D eigenvalue weighted by Crippen LogP contribution is -2.13. The maximum absolute atomic E-state index is 11.4. The van der Waals surface area contributed by atoms with Gasteiger partial charge in [0.25, 0.3) is 0 Å². The number of carbonyl (C=O) groups is 2. The van der Waals surface area contributed by atoms with Crippen molar-refractivity contribution < 1.29 is 28.6 Å². The number of carboxylic acids is 1. The second kappa shape index (κ2) is 7.69. The number of carbonyl (C=O) groups excluding carboxylic acids is 1. The Morgan fingerprint density at radius 2 is 1.96 bits per heavy atom. The van der Waals surface area contributed by atoms with Crippen molar-refractivity contribution in [2.45, 2.75) is 6.61 Å². The number of nitrogens with one attached hydrogen (secondary N) is 1. The van der Waals surface area contributed by atoms with Gasteiger partial charge in [-0.1, -0.05) is 12.7 Å². The van der Waals surface area contributed by atoms with Gasteiger partial charge < -0.3 is 19.0 Å². The molecule has 2 aromatic rings. The lowest BCUT2D eigenvalue weighted by molar-refractivity contribution is 0.0658. The molecule has 0 saturated carbocycles. The van der Waals surface area contributed by atoms with Gasteiger partial charge in [0.15, 0.2) is 0 Å². The summed E-state index contributed by atoms with van der Waals surface area (Å²) in [5.74, 6) is -0.322. The third-order valence-corrected chi connectivity index (χ3v) is 2.69. The van der Waals surface area contributed by atoms with Crippen LogP contribution >= 0.6 is 0 Å². The van der Waals surface area contributed by atoms with Crippen molar-refractivity contribution in [2.75, 3.05) is 11.9 Å². The predicted octanol–water partition coefficient (Wildman–Crippen LogP) is 3.29. The summed E-state index contributed by atoms with van der Waals surface area (Å²) in [4.78, 5) is 22.0. The molecule has 0 fully saturated rings. The van der Waals surface area contributed by atoms with E-state index in [1.807, 2.05) is 0 Å². The van der Waals surface area contributed by atoms with Crippen LogP contribution in [0.3, 0.4) is 0 Å². The maximum atomic E-state index is 11.4. The van der Waals surface area contributed by atoms with E-state index in [1.165, 1.54) is 18.2 Å². The van der Waals surface area contributed by atoms with E-state index in [0.29, 0.717) is 17.2 Å². The first-order valence-corrected chi connectivity index (χ1v) is 6.68. The number of hydrogen-bond donors (Lipinski definition) is 2. The number of carboxylic acid groups (broad SMARTS) is 1. The largest absolute Gasteiger partial charge is 0.486 e. The van der Waals surface area contributed by atoms with Gasteiger partial charge in [0.1, 0.15) is 24.7 Å². The summed E-state index contributed by atoms with van der Waals surface area (Å²) >= 11 is 0. The fourth-order valence-corrected chi connectivity index (χ4v) is 1.65. The molecule has 120 valence electrons. The lowest BCUT2D eigenvalue weighted by atomic mass is 10.3. The molecule has 0 bridgehead atoms. The Kier molecular flexibility index (Phi) is 5.40. The molecule has 0 unspecified atom stereocenters. The number of hydrogen-bond acceptors (Lipinski definition) is 5. The highest BCUT2D eigenvalue weighted by atomic mass is 16.5. The van der Waals surface area contributed by atoms with Gasteiger partial charge in [0.2, 0.25) is 5.76 Å². The molecule has 0 atom stereocenters. The van der Waals surface area contributed by atoms with Crippen LogP contribution in [0, 0.1) is 0 Å². The van der Waals surface area contributed by atoms with Gasteiger partial charge in [-0.2, -0.15) is 0 Å². The van der Waals surface area contributed by atoms with Crippen LogP contribution in [-0.4, -0.2) is 23.8 Å². The minimum absolute atomic E-state index is 0.0986. The van der Waals surface area contributed by atoms with Crippen molar-refractivity contribution in [3.63, 3.8) is 0 Å². The average molecular weight is 317 g/mol. The Morgan fingerprint density at radius 1 is 1.22 bits per heavy atom. The van der Waals surface area contributed by atoms with Gasteiger partial charge in [0.05, 0.1) is 0 Å². The van der Waals surface area contributed by atoms with Crippen LogP contribution in [0.4, 0.5) is 10.5 Å². The van der Waals surface area contributed by atoms with E-state index in [0.717, 1.165) is 0 Å². The van der Waals surface area contributed by atoms with Gasteiger partial charge in [0, 0.05) is 5.69 Å². The number of amides is 1. The Hall–Kier alpha value is -3.22. The zero-order valence-corrected chi connectivity index (χ0v) is 12.2. The van der Waals surface area contributed by atoms with Crippen LogP contribution in [-0.2, 0) is 11.3 Å². The Morgan fingerprint density at radius 3 is 2.57 bits per heavy atom. The highest BCUT2D eigenvalue weighted by Gasteiger charge is 2.09. The molecule has 0 aliphatic heterocycles. The van der Waals surface area contributed by atoms with Crippen molar-refractivity contribution in [2.24, 2.45) is 0 Å². The summed E-state index contributed by atoms with van der Waals surface area (Å²) in [6.45, 7) is 3.68. The van der Waals surface area contributed by atoms with Crippen molar-refractivity contribution in [3.05, 3.63) is 60.6 Å². The molecule has 7 heteroatoms. The van der Waals surface area contributed by atoms with E-state index in [2.05, 4.69) is 11.9 Å². The summed E-state index contributed by atoms with van der Waals surface area (Å²) in [5, 5.41) is 11.3. The zero-order chi connectivity index (χ0) is 16.7. The van der Waals surface area contributed by atoms with Crippen LogP contribution < -0.4 is 10.1 Å². The smallest absolute Gasteiger partial charge is 0.411 e. The van der Waals surface area contributed by atoms with Crippen LogP contribution in [0.2, 0.25) is 0 Å². The van der Waals surface area contributed by atoms with Gasteiger partial charge in [-0.05, 0) is 36.4 Å². The number of benzene rings is 1. The number of ether oxygens (including phenoxy) is 2. The first-order chi connectivity index (χ1) is 11.1. The Bertz CT molecular complexity index is 689. The summed E-state index contributed by atoms with van der Waals surface area (Å²) in [5.41, 5.74) is 0.553. The molecule has 0 spiro atoms. The van der Waals surface area contributed by atoms with Gasteiger partial charge in [-0.15, -0.1) is 0 Å². The third-order valence-electron chi connectivity index (χ3n) is 2.69. The number of rotatable bonds is 7. The molecule has 1 amide bonds. The second-order valence-corrected chi connectivity index (χ2v) is 4.40. The second-order valence-electron chi connectivity index (χ2n) is 4.40. The molecule has 1 aromatic carbocycles. The monoisotopic (exact) mass is 317 g/mol. The molecular weight excluding hydrogens is 302 g/mol. The van der Waals surface area contributed by atoms with E-state index in [1.54, 1.807) is 24.3 Å². The highest BCUT2D eigenvalue weighted by molar-refractivity contribution is 5.85. The molecule has 2 rings (SSSR count). The van der Waals surface area contributed by atoms with Crippen molar-refractivity contribution in [1.29, 1.82) is 0 Å². The van der Waals surface area contributed by atoms with Crippen molar-refractivity contribution >= 4 is 17.7 Å². The molecular formula is C16H15NO6. The molecule has 2 N–H and O–H groups in total. The highest BCUT2D eigenvalue weighted by Crippen LogP contribution is 2.18. The maximum Gasteiger partial charge on any atom is 0.411 e. The lowest BCUT2D eigenvalue weighted by Gasteiger charge is -2.07.